The van der Waals surface area contributed by atoms with Crippen LogP contribution in [0, 0.1) is 11.8 Å². The first-order chi connectivity index (χ1) is 19.5. The minimum absolute atomic E-state index is 0.0145. The highest BCUT2D eigenvalue weighted by atomic mass is 35.5. The Labute approximate surface area is 244 Å². The summed E-state index contributed by atoms with van der Waals surface area (Å²) in [6.45, 7) is 3.78. The van der Waals surface area contributed by atoms with Crippen LogP contribution in [0.5, 0.6) is 0 Å². The molecule has 4 aliphatic rings. The zero-order valence-electron chi connectivity index (χ0n) is 22.7. The van der Waals surface area contributed by atoms with Crippen molar-refractivity contribution in [1.29, 1.82) is 0 Å². The van der Waals surface area contributed by atoms with Crippen LogP contribution >= 0.6 is 23.2 Å². The average Bonchev–Trinajstić information content (AvgIpc) is 3.40. The lowest BCUT2D eigenvalue weighted by Gasteiger charge is -2.34. The predicted molar refractivity (Wildman–Crippen MR) is 155 cm³/mol. The molecule has 4 atom stereocenters. The number of aryl methyl sites for hydroxylation is 1. The molecule has 2 saturated carbocycles. The average molecular weight is 582 g/mol. The fourth-order valence-electron chi connectivity index (χ4n) is 7.05. The molecule has 2 aromatic carbocycles. The van der Waals surface area contributed by atoms with Gasteiger partial charge in [-0.25, -0.2) is 0 Å². The van der Waals surface area contributed by atoms with E-state index in [1.165, 1.54) is 16.8 Å². The Kier molecular flexibility index (Phi) is 7.05. The number of rotatable bonds is 8. The van der Waals surface area contributed by atoms with E-state index in [0.717, 1.165) is 68.4 Å². The van der Waals surface area contributed by atoms with Crippen molar-refractivity contribution in [3.63, 3.8) is 0 Å². The monoisotopic (exact) mass is 580 g/mol. The van der Waals surface area contributed by atoms with E-state index in [4.69, 9.17) is 37.2 Å². The van der Waals surface area contributed by atoms with Gasteiger partial charge in [0.2, 0.25) is 0 Å². The summed E-state index contributed by atoms with van der Waals surface area (Å²) in [5.41, 5.74) is 6.38. The summed E-state index contributed by atoms with van der Waals surface area (Å²) in [5, 5.41) is 5.56. The highest BCUT2D eigenvalue weighted by Gasteiger charge is 2.46. The highest BCUT2D eigenvalue weighted by Crippen LogP contribution is 2.47. The summed E-state index contributed by atoms with van der Waals surface area (Å²) in [6, 6.07) is 12.8. The number of piperidine rings is 1. The lowest BCUT2D eigenvalue weighted by atomic mass is 9.83. The third-order valence-electron chi connectivity index (χ3n) is 9.25. The van der Waals surface area contributed by atoms with Crippen LogP contribution in [-0.4, -0.2) is 36.4 Å². The molecule has 8 heteroatoms. The van der Waals surface area contributed by atoms with Crippen LogP contribution in [0.1, 0.15) is 67.4 Å². The molecule has 7 rings (SSSR count). The SMILES string of the molecule is CCOC(=O)[C@H]1CCc2cc(N3C[C@@H]4C[C@H]3C[C@H]4OCc3c(-c4c(Cl)cccc4Cl)noc3C3CC3)ccc2C1. The number of ether oxygens (including phenoxy) is 2. The van der Waals surface area contributed by atoms with Gasteiger partial charge in [-0.15, -0.1) is 0 Å². The van der Waals surface area contributed by atoms with E-state index in [2.05, 4.69) is 28.3 Å². The molecule has 0 spiro atoms. The fourth-order valence-corrected chi connectivity index (χ4v) is 7.62. The number of carbonyl (C=O) groups is 1. The zero-order valence-corrected chi connectivity index (χ0v) is 24.2. The molecule has 6 nitrogen and oxygen atoms in total. The molecule has 40 heavy (non-hydrogen) atoms. The molecular weight excluding hydrogens is 547 g/mol. The van der Waals surface area contributed by atoms with E-state index in [1.807, 2.05) is 25.1 Å². The Morgan fingerprint density at radius 1 is 1.10 bits per heavy atom. The Balaban J connectivity index is 1.03. The molecule has 1 saturated heterocycles. The van der Waals surface area contributed by atoms with Crippen LogP contribution in [-0.2, 0) is 33.7 Å². The number of benzene rings is 2. The fraction of sp³-hybridized carbons (Fsp3) is 0.500. The number of carbonyl (C=O) groups excluding carboxylic acids is 1. The second kappa shape index (κ2) is 10.7. The second-order valence-corrected chi connectivity index (χ2v) is 12.6. The summed E-state index contributed by atoms with van der Waals surface area (Å²) in [5.74, 6) is 1.76. The molecule has 3 aliphatic carbocycles. The minimum atomic E-state index is -0.0577. The summed E-state index contributed by atoms with van der Waals surface area (Å²) >= 11 is 13.1. The van der Waals surface area contributed by atoms with Crippen molar-refractivity contribution < 1.29 is 18.8 Å². The van der Waals surface area contributed by atoms with Crippen molar-refractivity contribution in [2.45, 2.75) is 76.5 Å². The predicted octanol–water partition coefficient (Wildman–Crippen LogP) is 7.38. The largest absolute Gasteiger partial charge is 0.466 e. The molecule has 1 aliphatic heterocycles. The quantitative estimate of drug-likeness (QED) is 0.259. The standard InChI is InChI=1S/C32H34Cl2N2O4/c1-2-38-32(37)21-9-8-20-13-23(11-10-19(20)12-21)36-16-22-14-24(36)15-28(22)39-17-25-30(35-40-31(25)18-6-7-18)29-26(33)4-3-5-27(29)34/h3-5,10-11,13,18,21-22,24,28H,2,6-9,12,14-17H2,1H3/t21-,22-,24-,28+/m0/s1. The van der Waals surface area contributed by atoms with E-state index in [0.29, 0.717) is 46.8 Å². The summed E-state index contributed by atoms with van der Waals surface area (Å²) < 4.78 is 17.7. The Hall–Kier alpha value is -2.54. The number of halogens is 2. The maximum Gasteiger partial charge on any atom is 0.309 e. The topological polar surface area (TPSA) is 64.8 Å². The van der Waals surface area contributed by atoms with Crippen molar-refractivity contribution in [1.82, 2.24) is 5.16 Å². The van der Waals surface area contributed by atoms with E-state index in [9.17, 15) is 4.79 Å². The molecule has 3 aromatic rings. The molecule has 3 fully saturated rings. The van der Waals surface area contributed by atoms with Gasteiger partial charge in [0.05, 0.1) is 35.3 Å². The van der Waals surface area contributed by atoms with Gasteiger partial charge in [0.15, 0.2) is 0 Å². The van der Waals surface area contributed by atoms with Gasteiger partial charge >= 0.3 is 5.97 Å². The summed E-state index contributed by atoms with van der Waals surface area (Å²) in [6.07, 6.45) is 7.18. The van der Waals surface area contributed by atoms with Gasteiger partial charge in [-0.3, -0.25) is 4.79 Å². The first-order valence-corrected chi connectivity index (χ1v) is 15.3. The maximum absolute atomic E-state index is 12.2. The molecule has 0 unspecified atom stereocenters. The normalized spacial score (nSPS) is 25.3. The molecule has 0 N–H and O–H groups in total. The summed E-state index contributed by atoms with van der Waals surface area (Å²) in [4.78, 5) is 14.8. The maximum atomic E-state index is 12.2. The van der Waals surface area contributed by atoms with Crippen LogP contribution in [0.15, 0.2) is 40.9 Å². The lowest BCUT2D eigenvalue weighted by Crippen LogP contribution is -2.38. The van der Waals surface area contributed by atoms with Gasteiger partial charge in [0, 0.05) is 41.2 Å². The van der Waals surface area contributed by atoms with Gasteiger partial charge in [-0.2, -0.15) is 0 Å². The van der Waals surface area contributed by atoms with Gasteiger partial charge in [0.25, 0.3) is 0 Å². The van der Waals surface area contributed by atoms with E-state index >= 15 is 0 Å². The van der Waals surface area contributed by atoms with Crippen molar-refractivity contribution in [3.8, 4) is 11.3 Å². The molecule has 1 aromatic heterocycles. The first kappa shape index (κ1) is 26.4. The lowest BCUT2D eigenvalue weighted by molar-refractivity contribution is -0.148. The van der Waals surface area contributed by atoms with Crippen LogP contribution in [0.4, 0.5) is 5.69 Å². The molecule has 2 heterocycles. The first-order valence-electron chi connectivity index (χ1n) is 14.6. The van der Waals surface area contributed by atoms with Crippen LogP contribution in [0.2, 0.25) is 10.0 Å². The number of esters is 1. The summed E-state index contributed by atoms with van der Waals surface area (Å²) in [7, 11) is 0. The molecular formula is C32H34Cl2N2O4. The third kappa shape index (κ3) is 4.82. The number of hydrogen-bond acceptors (Lipinski definition) is 6. The third-order valence-corrected chi connectivity index (χ3v) is 9.88. The van der Waals surface area contributed by atoms with Crippen molar-refractivity contribution in [2.24, 2.45) is 11.8 Å². The number of nitrogens with zero attached hydrogens (tertiary/aromatic N) is 2. The van der Waals surface area contributed by atoms with Crippen LogP contribution in [0.25, 0.3) is 11.3 Å². The van der Waals surface area contributed by atoms with Gasteiger partial charge < -0.3 is 18.9 Å². The van der Waals surface area contributed by atoms with E-state index < -0.39 is 0 Å². The second-order valence-electron chi connectivity index (χ2n) is 11.8. The van der Waals surface area contributed by atoms with Crippen LogP contribution < -0.4 is 4.90 Å². The number of aromatic nitrogens is 1. The van der Waals surface area contributed by atoms with Crippen LogP contribution in [0.3, 0.4) is 0 Å². The van der Waals surface area contributed by atoms with Gasteiger partial charge in [-0.05, 0) is 87.3 Å². The smallest absolute Gasteiger partial charge is 0.309 e. The molecule has 0 amide bonds. The highest BCUT2D eigenvalue weighted by molar-refractivity contribution is 6.39. The minimum Gasteiger partial charge on any atom is -0.466 e. The van der Waals surface area contributed by atoms with Gasteiger partial charge in [-0.1, -0.05) is 40.5 Å². The van der Waals surface area contributed by atoms with Crippen molar-refractivity contribution in [3.05, 3.63) is 68.9 Å². The zero-order chi connectivity index (χ0) is 27.4. The molecule has 0 radical (unpaired) electrons. The molecule has 2 bridgehead atoms. The molecule has 210 valence electrons. The van der Waals surface area contributed by atoms with Crippen molar-refractivity contribution >= 4 is 34.9 Å². The van der Waals surface area contributed by atoms with Crippen molar-refractivity contribution in [2.75, 3.05) is 18.1 Å². The Morgan fingerprint density at radius 3 is 2.65 bits per heavy atom. The van der Waals surface area contributed by atoms with E-state index in [-0.39, 0.29) is 18.0 Å². The van der Waals surface area contributed by atoms with Gasteiger partial charge in [0.1, 0.15) is 11.5 Å². The number of anilines is 1. The van der Waals surface area contributed by atoms with E-state index in [1.54, 1.807) is 0 Å². The number of hydrogen-bond donors (Lipinski definition) is 0. The Bertz CT molecular complexity index is 1410. The Morgan fingerprint density at radius 2 is 1.93 bits per heavy atom. The number of fused-ring (bicyclic) bond motifs is 3.